The second-order valence-electron chi connectivity index (χ2n) is 2.81. The summed E-state index contributed by atoms with van der Waals surface area (Å²) in [7, 11) is 1.63. The van der Waals surface area contributed by atoms with Gasteiger partial charge in [-0.25, -0.2) is 0 Å². The fourth-order valence-corrected chi connectivity index (χ4v) is 1.10. The van der Waals surface area contributed by atoms with Crippen molar-refractivity contribution in [2.75, 3.05) is 7.11 Å². The standard InChI is InChI=1S/C7H13NO2/c1-5-6(9-3)4-7(2,8)10-5/h6H,1,4,8H2,2-3H3. The molecule has 0 bridgehead atoms. The lowest BCUT2D eigenvalue weighted by molar-refractivity contribution is 0.0651. The van der Waals surface area contributed by atoms with E-state index in [-0.39, 0.29) is 6.10 Å². The van der Waals surface area contributed by atoms with Crippen molar-refractivity contribution < 1.29 is 9.47 Å². The van der Waals surface area contributed by atoms with Crippen LogP contribution >= 0.6 is 0 Å². The highest BCUT2D eigenvalue weighted by Crippen LogP contribution is 2.29. The third-order valence-electron chi connectivity index (χ3n) is 1.60. The molecule has 58 valence electrons. The molecule has 0 radical (unpaired) electrons. The summed E-state index contributed by atoms with van der Waals surface area (Å²) in [4.78, 5) is 0. The average Bonchev–Trinajstić information content (AvgIpc) is 2.05. The van der Waals surface area contributed by atoms with Crippen molar-refractivity contribution in [2.45, 2.75) is 25.2 Å². The number of hydrogen-bond acceptors (Lipinski definition) is 3. The first-order chi connectivity index (χ1) is 4.55. The molecule has 1 rings (SSSR count). The average molecular weight is 143 g/mol. The molecular weight excluding hydrogens is 130 g/mol. The third-order valence-corrected chi connectivity index (χ3v) is 1.60. The lowest BCUT2D eigenvalue weighted by Crippen LogP contribution is -2.34. The molecule has 3 heteroatoms. The van der Waals surface area contributed by atoms with E-state index in [4.69, 9.17) is 15.2 Å². The van der Waals surface area contributed by atoms with Crippen LogP contribution in [0.25, 0.3) is 0 Å². The Balaban J connectivity index is 2.61. The van der Waals surface area contributed by atoms with Crippen molar-refractivity contribution in [1.29, 1.82) is 0 Å². The number of methoxy groups -OCH3 is 1. The summed E-state index contributed by atoms with van der Waals surface area (Å²) < 4.78 is 10.3. The SMILES string of the molecule is C=C1OC(C)(N)CC1OC. The molecule has 10 heavy (non-hydrogen) atoms. The van der Waals surface area contributed by atoms with Gasteiger partial charge in [0.15, 0.2) is 5.72 Å². The van der Waals surface area contributed by atoms with Crippen LogP contribution in [0.5, 0.6) is 0 Å². The maximum absolute atomic E-state index is 5.67. The van der Waals surface area contributed by atoms with E-state index in [1.807, 2.05) is 6.92 Å². The zero-order valence-electron chi connectivity index (χ0n) is 6.39. The van der Waals surface area contributed by atoms with Gasteiger partial charge >= 0.3 is 0 Å². The molecule has 1 heterocycles. The second-order valence-corrected chi connectivity index (χ2v) is 2.81. The van der Waals surface area contributed by atoms with Crippen LogP contribution in [0.2, 0.25) is 0 Å². The van der Waals surface area contributed by atoms with Crippen molar-refractivity contribution in [3.8, 4) is 0 Å². The van der Waals surface area contributed by atoms with Gasteiger partial charge in [-0.1, -0.05) is 6.58 Å². The van der Waals surface area contributed by atoms with E-state index >= 15 is 0 Å². The van der Waals surface area contributed by atoms with Gasteiger partial charge in [0.1, 0.15) is 11.9 Å². The van der Waals surface area contributed by atoms with Crippen LogP contribution in [-0.4, -0.2) is 18.9 Å². The maximum atomic E-state index is 5.67. The van der Waals surface area contributed by atoms with E-state index in [0.717, 1.165) is 0 Å². The van der Waals surface area contributed by atoms with E-state index in [9.17, 15) is 0 Å². The largest absolute Gasteiger partial charge is 0.475 e. The van der Waals surface area contributed by atoms with Gasteiger partial charge in [-0.3, -0.25) is 5.73 Å². The van der Waals surface area contributed by atoms with E-state index < -0.39 is 5.72 Å². The molecule has 1 saturated heterocycles. The van der Waals surface area contributed by atoms with Gasteiger partial charge in [-0.05, 0) is 6.92 Å². The highest BCUT2D eigenvalue weighted by Gasteiger charge is 2.36. The van der Waals surface area contributed by atoms with Crippen LogP contribution in [-0.2, 0) is 9.47 Å². The van der Waals surface area contributed by atoms with Crippen LogP contribution in [0, 0.1) is 0 Å². The molecule has 2 N–H and O–H groups in total. The van der Waals surface area contributed by atoms with E-state index in [1.54, 1.807) is 7.11 Å². The number of nitrogens with two attached hydrogens (primary N) is 1. The van der Waals surface area contributed by atoms with Crippen molar-refractivity contribution in [3.05, 3.63) is 12.3 Å². The molecule has 1 fully saturated rings. The topological polar surface area (TPSA) is 44.5 Å². The Hall–Kier alpha value is -0.540. The molecular formula is C7H13NO2. The van der Waals surface area contributed by atoms with Crippen molar-refractivity contribution in [3.63, 3.8) is 0 Å². The highest BCUT2D eigenvalue weighted by molar-refractivity contribution is 5.03. The minimum absolute atomic E-state index is 0.0324. The molecule has 1 aliphatic rings. The molecule has 3 nitrogen and oxygen atoms in total. The zero-order valence-corrected chi connectivity index (χ0v) is 6.39. The van der Waals surface area contributed by atoms with E-state index in [1.165, 1.54) is 0 Å². The molecule has 0 aromatic heterocycles. The fourth-order valence-electron chi connectivity index (χ4n) is 1.10. The van der Waals surface area contributed by atoms with Crippen LogP contribution < -0.4 is 5.73 Å². The number of rotatable bonds is 1. The second kappa shape index (κ2) is 2.25. The first kappa shape index (κ1) is 7.57. The normalized spacial score (nSPS) is 39.9. The van der Waals surface area contributed by atoms with Crippen LogP contribution in [0.1, 0.15) is 13.3 Å². The highest BCUT2D eigenvalue weighted by atomic mass is 16.6. The van der Waals surface area contributed by atoms with Gasteiger partial charge in [0.25, 0.3) is 0 Å². The van der Waals surface area contributed by atoms with E-state index in [0.29, 0.717) is 12.2 Å². The maximum Gasteiger partial charge on any atom is 0.158 e. The molecule has 0 amide bonds. The molecule has 0 aliphatic carbocycles. The van der Waals surface area contributed by atoms with Gasteiger partial charge < -0.3 is 9.47 Å². The Morgan fingerprint density at radius 2 is 2.50 bits per heavy atom. The smallest absolute Gasteiger partial charge is 0.158 e. The quantitative estimate of drug-likeness (QED) is 0.585. The molecule has 0 aromatic rings. The van der Waals surface area contributed by atoms with E-state index in [2.05, 4.69) is 6.58 Å². The monoisotopic (exact) mass is 143 g/mol. The molecule has 2 atom stereocenters. The summed E-state index contributed by atoms with van der Waals surface area (Å²) in [6.45, 7) is 5.49. The Labute approximate surface area is 60.8 Å². The first-order valence-corrected chi connectivity index (χ1v) is 3.24. The summed E-state index contributed by atoms with van der Waals surface area (Å²) in [5.41, 5.74) is 5.09. The summed E-state index contributed by atoms with van der Waals surface area (Å²) in [5.74, 6) is 0.632. The van der Waals surface area contributed by atoms with Crippen molar-refractivity contribution in [1.82, 2.24) is 0 Å². The Morgan fingerprint density at radius 3 is 2.70 bits per heavy atom. The van der Waals surface area contributed by atoms with Crippen LogP contribution in [0.3, 0.4) is 0 Å². The molecule has 0 saturated carbocycles. The minimum atomic E-state index is -0.586. The molecule has 0 aromatic carbocycles. The fraction of sp³-hybridized carbons (Fsp3) is 0.714. The van der Waals surface area contributed by atoms with Gasteiger partial charge in [0.2, 0.25) is 0 Å². The van der Waals surface area contributed by atoms with Gasteiger partial charge in [-0.15, -0.1) is 0 Å². The lowest BCUT2D eigenvalue weighted by atomic mass is 10.1. The molecule has 1 aliphatic heterocycles. The van der Waals surface area contributed by atoms with Gasteiger partial charge in [0.05, 0.1) is 0 Å². The van der Waals surface area contributed by atoms with Crippen LogP contribution in [0.4, 0.5) is 0 Å². The molecule has 2 unspecified atom stereocenters. The van der Waals surface area contributed by atoms with Gasteiger partial charge in [-0.2, -0.15) is 0 Å². The number of ether oxygens (including phenoxy) is 2. The predicted molar refractivity (Wildman–Crippen MR) is 38.2 cm³/mol. The molecule has 0 spiro atoms. The lowest BCUT2D eigenvalue weighted by Gasteiger charge is -2.15. The van der Waals surface area contributed by atoms with Crippen molar-refractivity contribution in [2.24, 2.45) is 5.73 Å². The predicted octanol–water partition coefficient (Wildman–Crippen LogP) is 0.610. The van der Waals surface area contributed by atoms with Crippen LogP contribution in [0.15, 0.2) is 12.3 Å². The summed E-state index contributed by atoms with van der Waals surface area (Å²) >= 11 is 0. The number of hydrogen-bond donors (Lipinski definition) is 1. The van der Waals surface area contributed by atoms with Crippen molar-refractivity contribution >= 4 is 0 Å². The Bertz CT molecular complexity index is 154. The van der Waals surface area contributed by atoms with Gasteiger partial charge in [0, 0.05) is 13.5 Å². The summed E-state index contributed by atoms with van der Waals surface area (Å²) in [6, 6.07) is 0. The zero-order chi connectivity index (χ0) is 7.78. The first-order valence-electron chi connectivity index (χ1n) is 3.24. The summed E-state index contributed by atoms with van der Waals surface area (Å²) in [6.07, 6.45) is 0.650. The summed E-state index contributed by atoms with van der Waals surface area (Å²) in [5, 5.41) is 0. The minimum Gasteiger partial charge on any atom is -0.475 e. The third kappa shape index (κ3) is 1.30. The Kier molecular flexibility index (Phi) is 1.70. The Morgan fingerprint density at radius 1 is 1.90 bits per heavy atom.